The second-order valence-electron chi connectivity index (χ2n) is 7.61. The van der Waals surface area contributed by atoms with Crippen molar-refractivity contribution in [2.24, 2.45) is 17.2 Å². The van der Waals surface area contributed by atoms with Gasteiger partial charge < -0.3 is 48.5 Å². The van der Waals surface area contributed by atoms with Crippen LogP contribution in [0, 0.1) is 0 Å². The number of aliphatic carboxylic acids is 3. The van der Waals surface area contributed by atoms with Gasteiger partial charge in [-0.2, -0.15) is 0 Å². The molecule has 4 unspecified atom stereocenters. The van der Waals surface area contributed by atoms with Crippen LogP contribution >= 0.6 is 0 Å². The molecule has 16 nitrogen and oxygen atoms in total. The molecule has 0 fully saturated rings. The van der Waals surface area contributed by atoms with Crippen LogP contribution in [0.15, 0.2) is 0 Å². The lowest BCUT2D eigenvalue weighted by Gasteiger charge is -2.25. The molecule has 35 heavy (non-hydrogen) atoms. The Bertz CT molecular complexity index is 805. The Morgan fingerprint density at radius 1 is 0.686 bits per heavy atom. The maximum atomic E-state index is 12.8. The van der Waals surface area contributed by atoms with E-state index in [9.17, 15) is 33.6 Å². The maximum Gasteiger partial charge on any atom is 0.326 e. The predicted octanol–water partition coefficient (Wildman–Crippen LogP) is -3.80. The third-order valence-electron chi connectivity index (χ3n) is 4.61. The Balaban J connectivity index is 5.61. The van der Waals surface area contributed by atoms with Crippen LogP contribution in [-0.4, -0.2) is 87.6 Å². The summed E-state index contributed by atoms with van der Waals surface area (Å²) < 4.78 is 0. The van der Waals surface area contributed by atoms with Gasteiger partial charge in [-0.3, -0.25) is 28.8 Å². The fourth-order valence-electron chi connectivity index (χ4n) is 2.80. The van der Waals surface area contributed by atoms with Gasteiger partial charge in [-0.1, -0.05) is 0 Å². The lowest BCUT2D eigenvalue weighted by molar-refractivity contribution is -0.144. The molecule has 0 spiro atoms. The molecule has 0 aromatic heterocycles. The molecule has 12 N–H and O–H groups in total. The van der Waals surface area contributed by atoms with Crippen LogP contribution < -0.4 is 33.2 Å². The van der Waals surface area contributed by atoms with Gasteiger partial charge in [0.25, 0.3) is 0 Å². The summed E-state index contributed by atoms with van der Waals surface area (Å²) in [4.78, 5) is 81.8. The Hall–Kier alpha value is -3.79. The van der Waals surface area contributed by atoms with E-state index in [0.717, 1.165) is 0 Å². The molecule has 0 bridgehead atoms. The van der Waals surface area contributed by atoms with Crippen LogP contribution in [0.2, 0.25) is 0 Å². The summed E-state index contributed by atoms with van der Waals surface area (Å²) in [5.74, 6) is -8.22. The minimum Gasteiger partial charge on any atom is -0.481 e. The average molecular weight is 504 g/mol. The van der Waals surface area contributed by atoms with E-state index in [2.05, 4.69) is 10.6 Å². The Labute approximate surface area is 199 Å². The number of carboxylic acid groups (broad SMARTS) is 3. The Morgan fingerprint density at radius 3 is 1.66 bits per heavy atom. The van der Waals surface area contributed by atoms with Gasteiger partial charge in [0.1, 0.15) is 18.1 Å². The number of primary amides is 1. The standard InChI is InChI=1S/C19H32N6O10/c20-6-2-1-3-10(23-16(31)9(21)7-15(29)30)17(32)24-11(4-5-14(27)28)18(33)25-12(19(34)35)8-13(22)26/h9-12H,1-8,20-21H2,(H2,22,26)(H,23,31)(H,24,32)(H,25,33)(H,27,28)(H,29,30)(H,34,35). The molecule has 0 aromatic carbocycles. The molecule has 4 amide bonds. The van der Waals surface area contributed by atoms with Crippen molar-refractivity contribution in [1.29, 1.82) is 0 Å². The summed E-state index contributed by atoms with van der Waals surface area (Å²) in [5.41, 5.74) is 15.9. The third-order valence-corrected chi connectivity index (χ3v) is 4.61. The quantitative estimate of drug-likeness (QED) is 0.0812. The number of nitrogens with two attached hydrogens (primary N) is 3. The zero-order valence-electron chi connectivity index (χ0n) is 18.9. The molecule has 0 heterocycles. The second-order valence-corrected chi connectivity index (χ2v) is 7.61. The highest BCUT2D eigenvalue weighted by Crippen LogP contribution is 2.06. The molecular formula is C19H32N6O10. The van der Waals surface area contributed by atoms with E-state index in [-0.39, 0.29) is 13.0 Å². The number of hydrogen-bond donors (Lipinski definition) is 9. The average Bonchev–Trinajstić information content (AvgIpc) is 2.74. The van der Waals surface area contributed by atoms with Crippen molar-refractivity contribution in [2.75, 3.05) is 6.54 Å². The largest absolute Gasteiger partial charge is 0.481 e. The SMILES string of the molecule is NCCCCC(NC(=O)C(N)CC(=O)O)C(=O)NC(CCC(=O)O)C(=O)NC(CC(N)=O)C(=O)O. The van der Waals surface area contributed by atoms with Gasteiger partial charge in [-0.05, 0) is 32.2 Å². The number of hydrogen-bond acceptors (Lipinski definition) is 9. The highest BCUT2D eigenvalue weighted by molar-refractivity contribution is 5.95. The molecule has 0 rings (SSSR count). The van der Waals surface area contributed by atoms with E-state index in [0.29, 0.717) is 12.8 Å². The molecule has 0 aliphatic rings. The summed E-state index contributed by atoms with van der Waals surface area (Å²) in [6.07, 6.45) is -1.63. The zero-order chi connectivity index (χ0) is 27.1. The molecule has 198 valence electrons. The molecule has 0 saturated carbocycles. The fraction of sp³-hybridized carbons (Fsp3) is 0.632. The zero-order valence-corrected chi connectivity index (χ0v) is 18.9. The van der Waals surface area contributed by atoms with Crippen molar-refractivity contribution < 1.29 is 48.9 Å². The number of carbonyl (C=O) groups is 7. The van der Waals surface area contributed by atoms with Crippen LogP contribution in [0.5, 0.6) is 0 Å². The smallest absolute Gasteiger partial charge is 0.326 e. The van der Waals surface area contributed by atoms with Gasteiger partial charge in [-0.15, -0.1) is 0 Å². The van der Waals surface area contributed by atoms with Gasteiger partial charge in [0, 0.05) is 6.42 Å². The van der Waals surface area contributed by atoms with Crippen LogP contribution in [0.3, 0.4) is 0 Å². The Morgan fingerprint density at radius 2 is 1.20 bits per heavy atom. The van der Waals surface area contributed by atoms with Crippen LogP contribution in [0.4, 0.5) is 0 Å². The molecule has 0 saturated heterocycles. The van der Waals surface area contributed by atoms with Gasteiger partial charge in [0.15, 0.2) is 0 Å². The van der Waals surface area contributed by atoms with E-state index in [4.69, 9.17) is 32.5 Å². The molecule has 4 atom stereocenters. The summed E-state index contributed by atoms with van der Waals surface area (Å²) >= 11 is 0. The van der Waals surface area contributed by atoms with Crippen molar-refractivity contribution in [3.63, 3.8) is 0 Å². The first kappa shape index (κ1) is 31.2. The molecule has 0 aliphatic heterocycles. The first-order chi connectivity index (χ1) is 16.3. The number of carboxylic acids is 3. The summed E-state index contributed by atoms with van der Waals surface area (Å²) in [5, 5.41) is 33.4. The van der Waals surface area contributed by atoms with Crippen molar-refractivity contribution in [3.05, 3.63) is 0 Å². The third kappa shape index (κ3) is 13.5. The molecule has 0 aliphatic carbocycles. The molecule has 16 heteroatoms. The number of amides is 4. The van der Waals surface area contributed by atoms with E-state index < -0.39 is 91.4 Å². The monoisotopic (exact) mass is 504 g/mol. The first-order valence-electron chi connectivity index (χ1n) is 10.6. The minimum atomic E-state index is -1.72. The normalized spacial score (nSPS) is 14.0. The van der Waals surface area contributed by atoms with Gasteiger partial charge in [0.05, 0.1) is 18.9 Å². The van der Waals surface area contributed by atoms with Crippen molar-refractivity contribution in [1.82, 2.24) is 16.0 Å². The van der Waals surface area contributed by atoms with Crippen LogP contribution in [0.1, 0.15) is 44.9 Å². The molecule has 0 radical (unpaired) electrons. The molecular weight excluding hydrogens is 472 g/mol. The predicted molar refractivity (Wildman–Crippen MR) is 117 cm³/mol. The lowest BCUT2D eigenvalue weighted by atomic mass is 10.0. The topological polar surface area (TPSA) is 294 Å². The number of carbonyl (C=O) groups excluding carboxylic acids is 4. The minimum absolute atomic E-state index is 0.0290. The number of rotatable bonds is 18. The van der Waals surface area contributed by atoms with Gasteiger partial charge in [0.2, 0.25) is 23.6 Å². The highest BCUT2D eigenvalue weighted by Gasteiger charge is 2.31. The van der Waals surface area contributed by atoms with Crippen molar-refractivity contribution in [2.45, 2.75) is 69.1 Å². The fourth-order valence-corrected chi connectivity index (χ4v) is 2.80. The van der Waals surface area contributed by atoms with E-state index in [1.54, 1.807) is 0 Å². The second kappa shape index (κ2) is 15.9. The molecule has 0 aromatic rings. The van der Waals surface area contributed by atoms with Crippen LogP contribution in [0.25, 0.3) is 0 Å². The summed E-state index contributed by atoms with van der Waals surface area (Å²) in [6.45, 7) is 0.279. The maximum absolute atomic E-state index is 12.8. The van der Waals surface area contributed by atoms with Crippen molar-refractivity contribution in [3.8, 4) is 0 Å². The van der Waals surface area contributed by atoms with E-state index in [1.165, 1.54) is 0 Å². The number of nitrogens with one attached hydrogen (secondary N) is 3. The first-order valence-corrected chi connectivity index (χ1v) is 10.6. The Kier molecular flexibility index (Phi) is 14.2. The van der Waals surface area contributed by atoms with E-state index >= 15 is 0 Å². The lowest BCUT2D eigenvalue weighted by Crippen LogP contribution is -2.57. The summed E-state index contributed by atoms with van der Waals surface area (Å²) in [7, 11) is 0. The van der Waals surface area contributed by atoms with Gasteiger partial charge >= 0.3 is 17.9 Å². The number of unbranched alkanes of at least 4 members (excludes halogenated alkanes) is 1. The van der Waals surface area contributed by atoms with Crippen molar-refractivity contribution >= 4 is 41.5 Å². The van der Waals surface area contributed by atoms with E-state index in [1.807, 2.05) is 5.32 Å². The summed E-state index contributed by atoms with van der Waals surface area (Å²) in [6, 6.07) is -6.02. The highest BCUT2D eigenvalue weighted by atomic mass is 16.4. The van der Waals surface area contributed by atoms with Crippen LogP contribution in [-0.2, 0) is 33.6 Å². The van der Waals surface area contributed by atoms with Gasteiger partial charge in [-0.25, -0.2) is 4.79 Å².